The molecule has 0 aliphatic carbocycles. The molecule has 140 valence electrons. The summed E-state index contributed by atoms with van der Waals surface area (Å²) in [6, 6.07) is 16.1. The predicted octanol–water partition coefficient (Wildman–Crippen LogP) is 5.39. The Balaban J connectivity index is 2.25. The molecule has 4 nitrogen and oxygen atoms in total. The van der Waals surface area contributed by atoms with Crippen molar-refractivity contribution in [2.24, 2.45) is 0 Å². The number of nitrogens with zero attached hydrogens (tertiary/aromatic N) is 1. The molecule has 0 N–H and O–H groups in total. The zero-order valence-electron chi connectivity index (χ0n) is 16.3. The van der Waals surface area contributed by atoms with Crippen LogP contribution in [0.2, 0.25) is 0 Å². The molecule has 1 heterocycles. The molecule has 0 fully saturated rings. The van der Waals surface area contributed by atoms with E-state index in [2.05, 4.69) is 24.0 Å². The lowest BCUT2D eigenvalue weighted by atomic mass is 9.90. The summed E-state index contributed by atoms with van der Waals surface area (Å²) in [4.78, 5) is 4.58. The van der Waals surface area contributed by atoms with Crippen molar-refractivity contribution in [3.05, 3.63) is 60.3 Å². The molecule has 4 heteroatoms. The van der Waals surface area contributed by atoms with Crippen LogP contribution in [0.15, 0.2) is 54.7 Å². The standard InChI is InChI=1S/C23H25NO3/c1-5-6-18-15-24-23(27-4)22(17-9-13-20(26-3)14-10-17)21(18)16-7-11-19(25-2)12-8-16/h7-15H,5-6H2,1-4H3. The van der Waals surface area contributed by atoms with E-state index >= 15 is 0 Å². The maximum Gasteiger partial charge on any atom is 0.221 e. The third-order valence-electron chi connectivity index (χ3n) is 4.59. The van der Waals surface area contributed by atoms with Gasteiger partial charge < -0.3 is 14.2 Å². The highest BCUT2D eigenvalue weighted by Gasteiger charge is 2.19. The summed E-state index contributed by atoms with van der Waals surface area (Å²) in [6.45, 7) is 2.18. The molecule has 27 heavy (non-hydrogen) atoms. The molecule has 0 unspecified atom stereocenters. The van der Waals surface area contributed by atoms with Crippen molar-refractivity contribution in [1.82, 2.24) is 4.98 Å². The topological polar surface area (TPSA) is 40.6 Å². The quantitative estimate of drug-likeness (QED) is 0.564. The van der Waals surface area contributed by atoms with Gasteiger partial charge in [0, 0.05) is 6.20 Å². The van der Waals surface area contributed by atoms with Crippen molar-refractivity contribution in [3.63, 3.8) is 0 Å². The fourth-order valence-electron chi connectivity index (χ4n) is 3.26. The van der Waals surface area contributed by atoms with E-state index < -0.39 is 0 Å². The number of pyridine rings is 1. The lowest BCUT2D eigenvalue weighted by Crippen LogP contribution is -2.00. The van der Waals surface area contributed by atoms with Crippen LogP contribution in [0, 0.1) is 0 Å². The highest BCUT2D eigenvalue weighted by atomic mass is 16.5. The summed E-state index contributed by atoms with van der Waals surface area (Å²) in [6.07, 6.45) is 3.91. The van der Waals surface area contributed by atoms with Crippen LogP contribution < -0.4 is 14.2 Å². The van der Waals surface area contributed by atoms with Gasteiger partial charge in [-0.05, 0) is 52.9 Å². The molecule has 0 radical (unpaired) electrons. The normalized spacial score (nSPS) is 10.5. The van der Waals surface area contributed by atoms with Crippen molar-refractivity contribution in [2.75, 3.05) is 21.3 Å². The minimum absolute atomic E-state index is 0.617. The average Bonchev–Trinajstić information content (AvgIpc) is 2.74. The smallest absolute Gasteiger partial charge is 0.221 e. The number of hydrogen-bond donors (Lipinski definition) is 0. The molecule has 3 rings (SSSR count). The molecule has 0 atom stereocenters. The van der Waals surface area contributed by atoms with Gasteiger partial charge in [0.15, 0.2) is 0 Å². The van der Waals surface area contributed by atoms with E-state index in [0.29, 0.717) is 5.88 Å². The zero-order valence-corrected chi connectivity index (χ0v) is 16.3. The van der Waals surface area contributed by atoms with Crippen molar-refractivity contribution in [2.45, 2.75) is 19.8 Å². The fraction of sp³-hybridized carbons (Fsp3) is 0.261. The summed E-state index contributed by atoms with van der Waals surface area (Å²) < 4.78 is 16.3. The molecule has 0 bridgehead atoms. The third-order valence-corrected chi connectivity index (χ3v) is 4.59. The zero-order chi connectivity index (χ0) is 19.2. The van der Waals surface area contributed by atoms with E-state index in [9.17, 15) is 0 Å². The summed E-state index contributed by atoms with van der Waals surface area (Å²) >= 11 is 0. The molecule has 0 aliphatic heterocycles. The second-order valence-corrected chi connectivity index (χ2v) is 6.25. The van der Waals surface area contributed by atoms with Gasteiger partial charge in [0.2, 0.25) is 5.88 Å². The van der Waals surface area contributed by atoms with E-state index in [1.54, 1.807) is 21.3 Å². The van der Waals surface area contributed by atoms with Gasteiger partial charge in [-0.2, -0.15) is 0 Å². The number of aromatic nitrogens is 1. The Morgan fingerprint density at radius 1 is 0.704 bits per heavy atom. The number of hydrogen-bond acceptors (Lipinski definition) is 4. The van der Waals surface area contributed by atoms with Gasteiger partial charge in [-0.1, -0.05) is 37.6 Å². The monoisotopic (exact) mass is 363 g/mol. The Kier molecular flexibility index (Phi) is 5.97. The van der Waals surface area contributed by atoms with Gasteiger partial charge in [-0.3, -0.25) is 0 Å². The van der Waals surface area contributed by atoms with Crippen molar-refractivity contribution in [3.8, 4) is 39.6 Å². The van der Waals surface area contributed by atoms with Gasteiger partial charge in [0.05, 0.1) is 26.9 Å². The van der Waals surface area contributed by atoms with Gasteiger partial charge in [0.25, 0.3) is 0 Å². The minimum atomic E-state index is 0.617. The maximum absolute atomic E-state index is 5.63. The second kappa shape index (κ2) is 8.58. The molecular formula is C23H25NO3. The first kappa shape index (κ1) is 18.8. The Morgan fingerprint density at radius 3 is 1.67 bits per heavy atom. The summed E-state index contributed by atoms with van der Waals surface area (Å²) in [5.41, 5.74) is 5.51. The molecular weight excluding hydrogens is 338 g/mol. The van der Waals surface area contributed by atoms with E-state index in [-0.39, 0.29) is 0 Å². The molecule has 0 saturated carbocycles. The number of rotatable bonds is 7. The number of benzene rings is 2. The Morgan fingerprint density at radius 2 is 1.22 bits per heavy atom. The number of ether oxygens (including phenoxy) is 3. The summed E-state index contributed by atoms with van der Waals surface area (Å²) in [5, 5.41) is 0. The van der Waals surface area contributed by atoms with E-state index in [1.807, 2.05) is 42.6 Å². The van der Waals surface area contributed by atoms with Crippen LogP contribution in [-0.4, -0.2) is 26.3 Å². The SMILES string of the molecule is CCCc1cnc(OC)c(-c2ccc(OC)cc2)c1-c1ccc(OC)cc1. The minimum Gasteiger partial charge on any atom is -0.497 e. The van der Waals surface area contributed by atoms with Crippen LogP contribution in [-0.2, 0) is 6.42 Å². The average molecular weight is 363 g/mol. The lowest BCUT2D eigenvalue weighted by molar-refractivity contribution is 0.399. The van der Waals surface area contributed by atoms with Gasteiger partial charge in [0.1, 0.15) is 11.5 Å². The van der Waals surface area contributed by atoms with Gasteiger partial charge in [-0.15, -0.1) is 0 Å². The molecule has 2 aromatic carbocycles. The molecule has 0 aliphatic rings. The molecule has 0 spiro atoms. The third kappa shape index (κ3) is 3.90. The lowest BCUT2D eigenvalue weighted by Gasteiger charge is -2.18. The first-order valence-corrected chi connectivity index (χ1v) is 9.06. The largest absolute Gasteiger partial charge is 0.497 e. The van der Waals surface area contributed by atoms with Crippen LogP contribution >= 0.6 is 0 Å². The number of aryl methyl sites for hydroxylation is 1. The van der Waals surface area contributed by atoms with E-state index in [4.69, 9.17) is 14.2 Å². The van der Waals surface area contributed by atoms with Crippen LogP contribution in [0.3, 0.4) is 0 Å². The highest BCUT2D eigenvalue weighted by molar-refractivity contribution is 5.88. The molecule has 0 saturated heterocycles. The summed E-state index contributed by atoms with van der Waals surface area (Å²) in [7, 11) is 5.00. The first-order valence-electron chi connectivity index (χ1n) is 9.06. The maximum atomic E-state index is 5.63. The highest BCUT2D eigenvalue weighted by Crippen LogP contribution is 2.41. The van der Waals surface area contributed by atoms with Crippen molar-refractivity contribution < 1.29 is 14.2 Å². The van der Waals surface area contributed by atoms with Crippen molar-refractivity contribution in [1.29, 1.82) is 0 Å². The Labute approximate surface area is 160 Å². The van der Waals surface area contributed by atoms with Gasteiger partial charge in [-0.25, -0.2) is 4.98 Å². The van der Waals surface area contributed by atoms with Crippen molar-refractivity contribution >= 4 is 0 Å². The van der Waals surface area contributed by atoms with E-state index in [1.165, 1.54) is 5.56 Å². The first-order chi connectivity index (χ1) is 13.2. The van der Waals surface area contributed by atoms with Crippen LogP contribution in [0.25, 0.3) is 22.3 Å². The fourth-order valence-corrected chi connectivity index (χ4v) is 3.26. The van der Waals surface area contributed by atoms with Crippen LogP contribution in [0.1, 0.15) is 18.9 Å². The van der Waals surface area contributed by atoms with Crippen LogP contribution in [0.5, 0.6) is 17.4 Å². The molecule has 3 aromatic rings. The summed E-state index contributed by atoms with van der Waals surface area (Å²) in [5.74, 6) is 2.27. The molecule has 1 aromatic heterocycles. The Hall–Kier alpha value is -3.01. The van der Waals surface area contributed by atoms with Crippen LogP contribution in [0.4, 0.5) is 0 Å². The predicted molar refractivity (Wildman–Crippen MR) is 109 cm³/mol. The van der Waals surface area contributed by atoms with Gasteiger partial charge >= 0.3 is 0 Å². The Bertz CT molecular complexity index is 887. The molecule has 0 amide bonds. The number of methoxy groups -OCH3 is 3. The second-order valence-electron chi connectivity index (χ2n) is 6.25. The van der Waals surface area contributed by atoms with E-state index in [0.717, 1.165) is 46.6 Å².